The Morgan fingerprint density at radius 3 is 2.09 bits per heavy atom. The molecule has 47 heavy (non-hydrogen) atoms. The van der Waals surface area contributed by atoms with E-state index in [1.807, 2.05) is 25.3 Å². The van der Waals surface area contributed by atoms with E-state index in [1.165, 1.54) is 89.8 Å². The molecule has 0 aliphatic heterocycles. The first-order valence-corrected chi connectivity index (χ1v) is 20.9. The summed E-state index contributed by atoms with van der Waals surface area (Å²) in [5.74, 6) is -0.0363. The molecular formula is C34H63N6O5PS. The van der Waals surface area contributed by atoms with Crippen molar-refractivity contribution < 1.29 is 23.5 Å². The number of nitrogens with one attached hydrogen (secondary N) is 1. The van der Waals surface area contributed by atoms with Gasteiger partial charge in [0.05, 0.1) is 31.7 Å². The van der Waals surface area contributed by atoms with Crippen LogP contribution in [0.25, 0.3) is 11.2 Å². The minimum Gasteiger partial charge on any atom is -0.462 e. The number of fused-ring (bicyclic) bond motifs is 1. The van der Waals surface area contributed by atoms with E-state index >= 15 is 0 Å². The highest BCUT2D eigenvalue weighted by molar-refractivity contribution is 8.11. The highest BCUT2D eigenvalue weighted by Gasteiger charge is 2.27. The smallest absolute Gasteiger partial charge is 0.323 e. The summed E-state index contributed by atoms with van der Waals surface area (Å²) in [6.45, 7) is 11.9. The zero-order valence-electron chi connectivity index (χ0n) is 29.8. The molecule has 11 nitrogen and oxygen atoms in total. The predicted octanol–water partition coefficient (Wildman–Crippen LogP) is 7.91. The molecule has 0 bridgehead atoms. The number of hydrogen-bond donors (Lipinski definition) is 2. The molecule has 13 heteroatoms. The minimum absolute atomic E-state index is 0.145. The predicted molar refractivity (Wildman–Crippen MR) is 195 cm³/mol. The van der Waals surface area contributed by atoms with E-state index in [1.54, 1.807) is 13.3 Å². The lowest BCUT2D eigenvalue weighted by Gasteiger charge is -2.28. The van der Waals surface area contributed by atoms with E-state index < -0.39 is 12.5 Å². The zero-order valence-corrected chi connectivity index (χ0v) is 31.5. The van der Waals surface area contributed by atoms with Crippen LogP contribution < -0.4 is 10.8 Å². The van der Waals surface area contributed by atoms with Crippen LogP contribution in [0.1, 0.15) is 131 Å². The summed E-state index contributed by atoms with van der Waals surface area (Å²) in [6, 6.07) is -0.629. The number of imidazole rings is 1. The molecule has 0 amide bonds. The van der Waals surface area contributed by atoms with Crippen LogP contribution in [-0.4, -0.2) is 69.9 Å². The standard InChI is InChI=1S/C34H63N6O5PS/c1-6-7-8-9-10-11-12-13-14-15-16-17-18-19-21-42-22-20-23-44-46(47,39-30(5)34(41)45-28(2)3)27-43-29(4)24-40-26-38-31-32(35)36-25-37-33(31)40/h25-26,28-30H,6-24,27H2,1-5H3,(H,39,47)(H2,35,36,37)/t29-,30+,46+/m1/s1. The summed E-state index contributed by atoms with van der Waals surface area (Å²) in [7, 11) is 0. The minimum atomic E-state index is -2.73. The average Bonchev–Trinajstić information content (AvgIpc) is 3.44. The summed E-state index contributed by atoms with van der Waals surface area (Å²) in [5, 5.41) is 3.22. The molecule has 0 unspecified atom stereocenters. The molecule has 270 valence electrons. The van der Waals surface area contributed by atoms with Gasteiger partial charge in [0, 0.05) is 13.2 Å². The van der Waals surface area contributed by atoms with Gasteiger partial charge in [-0.2, -0.15) is 0 Å². The maximum Gasteiger partial charge on any atom is 0.323 e. The topological polar surface area (TPSA) is 136 Å². The third-order valence-corrected chi connectivity index (χ3v) is 10.7. The Balaban J connectivity index is 1.64. The molecule has 0 saturated heterocycles. The fourth-order valence-corrected chi connectivity index (χ4v) is 7.93. The molecule has 2 aromatic heterocycles. The van der Waals surface area contributed by atoms with Crippen molar-refractivity contribution in [2.45, 2.75) is 156 Å². The van der Waals surface area contributed by atoms with E-state index in [0.717, 1.165) is 13.0 Å². The van der Waals surface area contributed by atoms with Gasteiger partial charge in [-0.1, -0.05) is 90.4 Å². The molecule has 3 N–H and O–H groups in total. The zero-order chi connectivity index (χ0) is 34.3. The van der Waals surface area contributed by atoms with Gasteiger partial charge in [-0.05, 0) is 52.3 Å². The number of esters is 1. The maximum absolute atomic E-state index is 12.5. The Kier molecular flexibility index (Phi) is 21.6. The van der Waals surface area contributed by atoms with Crippen LogP contribution in [0.3, 0.4) is 0 Å². The second-order valence-corrected chi connectivity index (χ2v) is 16.7. The first kappa shape index (κ1) is 41.5. The molecule has 3 atom stereocenters. The van der Waals surface area contributed by atoms with Crippen LogP contribution in [0, 0.1) is 0 Å². The highest BCUT2D eigenvalue weighted by Crippen LogP contribution is 2.44. The first-order chi connectivity index (χ1) is 22.6. The van der Waals surface area contributed by atoms with Crippen LogP contribution in [0.2, 0.25) is 0 Å². The van der Waals surface area contributed by atoms with Gasteiger partial charge < -0.3 is 29.0 Å². The van der Waals surface area contributed by atoms with Gasteiger partial charge in [-0.3, -0.25) is 9.88 Å². The normalized spacial score (nSPS) is 14.4. The van der Waals surface area contributed by atoms with Crippen molar-refractivity contribution in [1.82, 2.24) is 24.6 Å². The molecular weight excluding hydrogens is 635 g/mol. The van der Waals surface area contributed by atoms with Crippen molar-refractivity contribution in [3.05, 3.63) is 12.7 Å². The number of carbonyl (C=O) groups excluding carboxylic acids is 1. The number of anilines is 1. The van der Waals surface area contributed by atoms with Crippen molar-refractivity contribution in [3.63, 3.8) is 0 Å². The Hall–Kier alpha value is -1.69. The molecule has 0 radical (unpaired) electrons. The number of nitrogen functional groups attached to an aromatic ring is 1. The number of carbonyl (C=O) groups is 1. The van der Waals surface area contributed by atoms with Gasteiger partial charge in [0.25, 0.3) is 0 Å². The van der Waals surface area contributed by atoms with Crippen molar-refractivity contribution in [2.24, 2.45) is 0 Å². The monoisotopic (exact) mass is 698 g/mol. The van der Waals surface area contributed by atoms with Crippen LogP contribution >= 0.6 is 6.42 Å². The molecule has 2 heterocycles. The van der Waals surface area contributed by atoms with E-state index in [4.69, 9.17) is 36.3 Å². The van der Waals surface area contributed by atoms with Crippen LogP contribution in [0.4, 0.5) is 5.82 Å². The second kappa shape index (κ2) is 24.4. The Labute approximate surface area is 289 Å². The van der Waals surface area contributed by atoms with Crippen molar-refractivity contribution >= 4 is 41.2 Å². The van der Waals surface area contributed by atoms with Gasteiger partial charge in [-0.15, -0.1) is 0 Å². The summed E-state index contributed by atoms with van der Waals surface area (Å²) in [5.41, 5.74) is 7.11. The highest BCUT2D eigenvalue weighted by atomic mass is 32.4. The number of unbranched alkanes of at least 4 members (excludes halogenated alkanes) is 13. The Bertz CT molecular complexity index is 1170. The van der Waals surface area contributed by atoms with Gasteiger partial charge in [0.2, 0.25) is 0 Å². The van der Waals surface area contributed by atoms with Crippen LogP contribution in [0.5, 0.6) is 0 Å². The van der Waals surface area contributed by atoms with E-state index in [-0.39, 0.29) is 24.5 Å². The lowest BCUT2D eigenvalue weighted by molar-refractivity contribution is -0.149. The second-order valence-electron chi connectivity index (χ2n) is 12.8. The lowest BCUT2D eigenvalue weighted by Crippen LogP contribution is -2.36. The fourth-order valence-electron chi connectivity index (χ4n) is 5.26. The molecule has 2 rings (SSSR count). The van der Waals surface area contributed by atoms with Crippen LogP contribution in [-0.2, 0) is 41.9 Å². The Morgan fingerprint density at radius 1 is 0.872 bits per heavy atom. The largest absolute Gasteiger partial charge is 0.462 e. The third-order valence-electron chi connectivity index (χ3n) is 7.88. The van der Waals surface area contributed by atoms with Crippen molar-refractivity contribution in [3.8, 4) is 0 Å². The number of rotatable bonds is 29. The molecule has 2 aromatic rings. The number of nitrogens with zero attached hydrogens (tertiary/aromatic N) is 4. The number of nitrogens with two attached hydrogens (primary N) is 1. The molecule has 0 fully saturated rings. The molecule has 0 spiro atoms. The summed E-state index contributed by atoms with van der Waals surface area (Å²) >= 11 is 5.94. The summed E-state index contributed by atoms with van der Waals surface area (Å²) < 4.78 is 25.5. The van der Waals surface area contributed by atoms with Crippen molar-refractivity contribution in [1.29, 1.82) is 0 Å². The lowest BCUT2D eigenvalue weighted by atomic mass is 10.0. The quantitative estimate of drug-likeness (QED) is 0.0487. The molecule has 0 aliphatic rings. The summed E-state index contributed by atoms with van der Waals surface area (Å²) in [6.07, 6.45) is 19.6. The average molecular weight is 699 g/mol. The Morgan fingerprint density at radius 2 is 1.47 bits per heavy atom. The first-order valence-electron chi connectivity index (χ1n) is 18.0. The number of hydrogen-bond acceptors (Lipinski definition) is 10. The maximum atomic E-state index is 12.5. The number of aromatic nitrogens is 4. The van der Waals surface area contributed by atoms with Gasteiger partial charge >= 0.3 is 5.97 Å². The SMILES string of the molecule is CCCCCCCCCCCCCCCCOCCCO[P@](=S)(CO[C@H](C)Cn1cnc2c(N)ncnc21)N[C@@H](C)C(=O)OC(C)C. The summed E-state index contributed by atoms with van der Waals surface area (Å²) in [4.78, 5) is 25.1. The third kappa shape index (κ3) is 18.0. The van der Waals surface area contributed by atoms with Gasteiger partial charge in [-0.25, -0.2) is 15.0 Å². The van der Waals surface area contributed by atoms with Crippen LogP contribution in [0.15, 0.2) is 12.7 Å². The van der Waals surface area contributed by atoms with E-state index in [0.29, 0.717) is 43.2 Å². The fraction of sp³-hybridized carbons (Fsp3) is 0.824. The molecule has 0 aromatic carbocycles. The van der Waals surface area contributed by atoms with E-state index in [9.17, 15) is 4.79 Å². The van der Waals surface area contributed by atoms with Gasteiger partial charge in [0.1, 0.15) is 24.2 Å². The number of ether oxygens (including phenoxy) is 3. The van der Waals surface area contributed by atoms with Crippen molar-refractivity contribution in [2.75, 3.05) is 31.9 Å². The molecule has 0 aliphatic carbocycles. The van der Waals surface area contributed by atoms with E-state index in [2.05, 4.69) is 27.0 Å². The van der Waals surface area contributed by atoms with Gasteiger partial charge in [0.15, 0.2) is 17.9 Å². The molecule has 0 saturated carbocycles.